The highest BCUT2D eigenvalue weighted by atomic mass is 35.5. The third-order valence-corrected chi connectivity index (χ3v) is 5.96. The lowest BCUT2D eigenvalue weighted by molar-refractivity contribution is -0.134. The predicted molar refractivity (Wildman–Crippen MR) is 111 cm³/mol. The normalized spacial score (nSPS) is 18.0. The molecule has 1 aliphatic carbocycles. The summed E-state index contributed by atoms with van der Waals surface area (Å²) in [6, 6.07) is 7.04. The lowest BCUT2D eigenvalue weighted by atomic mass is 9.98. The number of hydrogen-bond acceptors (Lipinski definition) is 4. The highest BCUT2D eigenvalue weighted by Crippen LogP contribution is 2.35. The van der Waals surface area contributed by atoms with E-state index in [-0.39, 0.29) is 30.8 Å². The molecule has 8 heteroatoms. The summed E-state index contributed by atoms with van der Waals surface area (Å²) < 4.78 is 0. The molecule has 1 aromatic carbocycles. The molecular formula is C21H29ClN4O3. The van der Waals surface area contributed by atoms with Gasteiger partial charge >= 0.3 is 6.03 Å². The van der Waals surface area contributed by atoms with Crippen LogP contribution in [-0.2, 0) is 16.1 Å². The van der Waals surface area contributed by atoms with Crippen molar-refractivity contribution in [3.05, 3.63) is 34.9 Å². The van der Waals surface area contributed by atoms with Gasteiger partial charge in [-0.15, -0.1) is 0 Å². The van der Waals surface area contributed by atoms with Gasteiger partial charge < -0.3 is 15.1 Å². The van der Waals surface area contributed by atoms with Crippen molar-refractivity contribution < 1.29 is 14.4 Å². The molecule has 7 nitrogen and oxygen atoms in total. The summed E-state index contributed by atoms with van der Waals surface area (Å²) in [6.07, 6.45) is 3.38. The van der Waals surface area contributed by atoms with Crippen molar-refractivity contribution in [2.24, 2.45) is 0 Å². The molecule has 1 heterocycles. The van der Waals surface area contributed by atoms with E-state index < -0.39 is 5.54 Å². The van der Waals surface area contributed by atoms with Gasteiger partial charge in [0.15, 0.2) is 0 Å². The fourth-order valence-electron chi connectivity index (χ4n) is 3.99. The second-order valence-corrected chi connectivity index (χ2v) is 8.61. The van der Waals surface area contributed by atoms with Crippen LogP contribution in [0.1, 0.15) is 37.7 Å². The van der Waals surface area contributed by atoms with Gasteiger partial charge in [-0.3, -0.25) is 14.5 Å². The zero-order valence-electron chi connectivity index (χ0n) is 17.1. The van der Waals surface area contributed by atoms with E-state index in [0.717, 1.165) is 24.9 Å². The van der Waals surface area contributed by atoms with Crippen molar-refractivity contribution in [2.45, 2.75) is 44.2 Å². The summed E-state index contributed by atoms with van der Waals surface area (Å²) in [5.74, 6) is -0.250. The predicted octanol–water partition coefficient (Wildman–Crippen LogP) is 2.48. The minimum atomic E-state index is -0.728. The Labute approximate surface area is 177 Å². The molecular weight excluding hydrogens is 392 g/mol. The smallest absolute Gasteiger partial charge is 0.325 e. The second-order valence-electron chi connectivity index (χ2n) is 8.17. The molecule has 1 spiro atoms. The maximum Gasteiger partial charge on any atom is 0.325 e. The number of urea groups is 1. The van der Waals surface area contributed by atoms with E-state index in [4.69, 9.17) is 11.6 Å². The standard InChI is InChI=1S/C21H29ClN4O3/c1-24(2)13-14-25(15-16-5-7-17(22)8-6-16)18(27)9-12-26-19(28)21(23-20(26)29)10-3-4-11-21/h5-8H,3-4,9-15H2,1-2H3,(H,23,29). The van der Waals surface area contributed by atoms with Crippen molar-refractivity contribution in [1.82, 2.24) is 20.0 Å². The summed E-state index contributed by atoms with van der Waals surface area (Å²) in [6.45, 7) is 1.88. The Balaban J connectivity index is 1.62. The van der Waals surface area contributed by atoms with E-state index in [1.54, 1.807) is 17.0 Å². The zero-order chi connectivity index (χ0) is 21.0. The van der Waals surface area contributed by atoms with Gasteiger partial charge in [-0.2, -0.15) is 0 Å². The molecule has 3 rings (SSSR count). The minimum absolute atomic E-state index is 0.0743. The van der Waals surface area contributed by atoms with Crippen molar-refractivity contribution in [1.29, 1.82) is 0 Å². The molecule has 158 valence electrons. The maximum atomic E-state index is 12.9. The van der Waals surface area contributed by atoms with E-state index in [2.05, 4.69) is 5.32 Å². The topological polar surface area (TPSA) is 73.0 Å². The number of rotatable bonds is 8. The van der Waals surface area contributed by atoms with Crippen LogP contribution in [0.25, 0.3) is 0 Å². The number of nitrogens with zero attached hydrogens (tertiary/aromatic N) is 3. The molecule has 0 unspecified atom stereocenters. The van der Waals surface area contributed by atoms with Gasteiger partial charge in [0, 0.05) is 37.6 Å². The van der Waals surface area contributed by atoms with Crippen LogP contribution in [0.5, 0.6) is 0 Å². The van der Waals surface area contributed by atoms with Crippen molar-refractivity contribution in [3.63, 3.8) is 0 Å². The fraction of sp³-hybridized carbons (Fsp3) is 0.571. The number of nitrogens with one attached hydrogen (secondary N) is 1. The summed E-state index contributed by atoms with van der Waals surface area (Å²) in [5, 5.41) is 3.51. The Morgan fingerprint density at radius 1 is 1.14 bits per heavy atom. The summed E-state index contributed by atoms with van der Waals surface area (Å²) >= 11 is 5.95. The Bertz CT molecular complexity index is 760. The molecule has 2 fully saturated rings. The molecule has 1 N–H and O–H groups in total. The molecule has 1 aliphatic heterocycles. The molecule has 2 aliphatic rings. The van der Waals surface area contributed by atoms with Gasteiger partial charge in [0.1, 0.15) is 5.54 Å². The number of benzene rings is 1. The van der Waals surface area contributed by atoms with Gasteiger partial charge in [-0.1, -0.05) is 36.6 Å². The Hall–Kier alpha value is -2.12. The number of hydrogen-bond donors (Lipinski definition) is 1. The lowest BCUT2D eigenvalue weighted by Gasteiger charge is -2.25. The van der Waals surface area contributed by atoms with Crippen LogP contribution in [0.15, 0.2) is 24.3 Å². The highest BCUT2D eigenvalue weighted by molar-refractivity contribution is 6.30. The quantitative estimate of drug-likeness (QED) is 0.656. The second kappa shape index (κ2) is 9.13. The zero-order valence-corrected chi connectivity index (χ0v) is 17.9. The number of imide groups is 1. The van der Waals surface area contributed by atoms with Crippen LogP contribution in [0.3, 0.4) is 0 Å². The number of halogens is 1. The fourth-order valence-corrected chi connectivity index (χ4v) is 4.11. The molecule has 29 heavy (non-hydrogen) atoms. The van der Waals surface area contributed by atoms with Crippen LogP contribution in [0, 0.1) is 0 Å². The third kappa shape index (κ3) is 5.08. The minimum Gasteiger partial charge on any atom is -0.337 e. The van der Waals surface area contributed by atoms with Gasteiger partial charge in [-0.25, -0.2) is 4.79 Å². The summed E-state index contributed by atoms with van der Waals surface area (Å²) in [7, 11) is 3.92. The number of carbonyl (C=O) groups is 3. The number of likely N-dealkylation sites (N-methyl/N-ethyl adjacent to an activating group) is 1. The monoisotopic (exact) mass is 420 g/mol. The maximum absolute atomic E-state index is 12.9. The summed E-state index contributed by atoms with van der Waals surface area (Å²) in [5.41, 5.74) is 0.259. The van der Waals surface area contributed by atoms with Crippen LogP contribution in [0.2, 0.25) is 5.02 Å². The van der Waals surface area contributed by atoms with Gasteiger partial charge in [0.2, 0.25) is 5.91 Å². The first-order chi connectivity index (χ1) is 13.8. The van der Waals surface area contributed by atoms with E-state index in [9.17, 15) is 14.4 Å². The molecule has 0 aromatic heterocycles. The Morgan fingerprint density at radius 2 is 1.79 bits per heavy atom. The van der Waals surface area contributed by atoms with Crippen molar-refractivity contribution in [2.75, 3.05) is 33.7 Å². The SMILES string of the molecule is CN(C)CCN(Cc1ccc(Cl)cc1)C(=O)CCN1C(=O)NC2(CCCC2)C1=O. The molecule has 1 saturated heterocycles. The van der Waals surface area contributed by atoms with Crippen LogP contribution in [0.4, 0.5) is 4.79 Å². The third-order valence-electron chi connectivity index (χ3n) is 5.71. The summed E-state index contributed by atoms with van der Waals surface area (Å²) in [4.78, 5) is 43.0. The van der Waals surface area contributed by atoms with Crippen molar-refractivity contribution >= 4 is 29.4 Å². The molecule has 1 saturated carbocycles. The molecule has 0 radical (unpaired) electrons. The van der Waals surface area contributed by atoms with Gasteiger partial charge in [0.05, 0.1) is 0 Å². The molecule has 4 amide bonds. The average Bonchev–Trinajstić information content (AvgIpc) is 3.24. The highest BCUT2D eigenvalue weighted by Gasteiger charge is 2.52. The van der Waals surface area contributed by atoms with E-state index in [1.807, 2.05) is 31.1 Å². The largest absolute Gasteiger partial charge is 0.337 e. The molecule has 0 atom stereocenters. The molecule has 0 bridgehead atoms. The lowest BCUT2D eigenvalue weighted by Crippen LogP contribution is -2.44. The van der Waals surface area contributed by atoms with E-state index in [1.165, 1.54) is 4.90 Å². The number of amides is 4. The Kier molecular flexibility index (Phi) is 6.80. The van der Waals surface area contributed by atoms with Crippen molar-refractivity contribution in [3.8, 4) is 0 Å². The van der Waals surface area contributed by atoms with Gasteiger partial charge in [-0.05, 0) is 44.6 Å². The van der Waals surface area contributed by atoms with Crippen LogP contribution >= 0.6 is 11.6 Å². The van der Waals surface area contributed by atoms with E-state index in [0.29, 0.717) is 31.0 Å². The Morgan fingerprint density at radius 3 is 2.41 bits per heavy atom. The molecule has 1 aromatic rings. The number of carbonyl (C=O) groups excluding carboxylic acids is 3. The van der Waals surface area contributed by atoms with E-state index >= 15 is 0 Å². The first-order valence-electron chi connectivity index (χ1n) is 10.1. The van der Waals surface area contributed by atoms with Gasteiger partial charge in [0.25, 0.3) is 5.91 Å². The average molecular weight is 421 g/mol. The first-order valence-corrected chi connectivity index (χ1v) is 10.5. The van der Waals surface area contributed by atoms with Crippen LogP contribution in [-0.4, -0.2) is 71.8 Å². The van der Waals surface area contributed by atoms with Crippen LogP contribution < -0.4 is 5.32 Å². The first kappa shape index (κ1) is 21.6.